The van der Waals surface area contributed by atoms with Gasteiger partial charge in [0.25, 0.3) is 0 Å². The van der Waals surface area contributed by atoms with Gasteiger partial charge in [-0.25, -0.2) is 0 Å². The molecule has 0 atom stereocenters. The molecule has 1 aliphatic heterocycles. The van der Waals surface area contributed by atoms with Gasteiger partial charge in [0.1, 0.15) is 6.54 Å². The lowest BCUT2D eigenvalue weighted by atomic mass is 9.81. The number of rotatable bonds is 3. The lowest BCUT2D eigenvalue weighted by molar-refractivity contribution is -0.433. The van der Waals surface area contributed by atoms with Gasteiger partial charge in [0.05, 0.1) is 5.41 Å². The summed E-state index contributed by atoms with van der Waals surface area (Å²) < 4.78 is 2.46. The van der Waals surface area contributed by atoms with Gasteiger partial charge in [0.15, 0.2) is 5.71 Å². The zero-order valence-corrected chi connectivity index (χ0v) is 17.3. The third-order valence-electron chi connectivity index (χ3n) is 6.34. The Kier molecular flexibility index (Phi) is 4.13. The van der Waals surface area contributed by atoms with Gasteiger partial charge in [-0.1, -0.05) is 66.7 Å². The zero-order valence-electron chi connectivity index (χ0n) is 17.3. The summed E-state index contributed by atoms with van der Waals surface area (Å²) in [5, 5.41) is 5.19. The Morgan fingerprint density at radius 1 is 0.759 bits per heavy atom. The Bertz CT molecular complexity index is 1250. The number of hydrogen-bond donors (Lipinski definition) is 0. The Morgan fingerprint density at radius 3 is 2.00 bits per heavy atom. The number of nitrogens with zero attached hydrogens (tertiary/aromatic N) is 1. The van der Waals surface area contributed by atoms with E-state index in [-0.39, 0.29) is 5.41 Å². The summed E-state index contributed by atoms with van der Waals surface area (Å²) >= 11 is 0. The van der Waals surface area contributed by atoms with Crippen LogP contribution in [0.2, 0.25) is 0 Å². The minimum absolute atomic E-state index is 0.0104. The van der Waals surface area contributed by atoms with Gasteiger partial charge < -0.3 is 0 Å². The van der Waals surface area contributed by atoms with Crippen molar-refractivity contribution in [2.45, 2.75) is 26.2 Å². The Balaban J connectivity index is 1.74. The van der Waals surface area contributed by atoms with Crippen LogP contribution in [0.15, 0.2) is 84.9 Å². The Morgan fingerprint density at radius 2 is 1.34 bits per heavy atom. The van der Waals surface area contributed by atoms with Gasteiger partial charge in [-0.3, -0.25) is 0 Å². The molecule has 5 rings (SSSR count). The highest BCUT2D eigenvalue weighted by molar-refractivity contribution is 6.11. The van der Waals surface area contributed by atoms with E-state index in [2.05, 4.69) is 116 Å². The van der Waals surface area contributed by atoms with E-state index in [0.29, 0.717) is 0 Å². The van der Waals surface area contributed by atoms with Crippen molar-refractivity contribution in [2.75, 3.05) is 6.54 Å². The summed E-state index contributed by atoms with van der Waals surface area (Å²) in [6, 6.07) is 28.5. The van der Waals surface area contributed by atoms with E-state index < -0.39 is 0 Å². The number of hydrogen-bond acceptors (Lipinski definition) is 0. The molecule has 0 aromatic heterocycles. The van der Waals surface area contributed by atoms with Crippen LogP contribution in [0.1, 0.15) is 31.9 Å². The van der Waals surface area contributed by atoms with Crippen molar-refractivity contribution in [3.63, 3.8) is 0 Å². The molecule has 29 heavy (non-hydrogen) atoms. The molecule has 1 heterocycles. The molecule has 0 N–H and O–H groups in total. The third kappa shape index (κ3) is 2.73. The first-order valence-electron chi connectivity index (χ1n) is 10.4. The largest absolute Gasteiger partial charge is 0.209 e. The number of fused-ring (bicyclic) bond motifs is 3. The third-order valence-corrected chi connectivity index (χ3v) is 6.34. The highest BCUT2D eigenvalue weighted by Gasteiger charge is 2.43. The molecule has 1 heteroatoms. The van der Waals surface area contributed by atoms with Crippen molar-refractivity contribution >= 4 is 39.0 Å². The van der Waals surface area contributed by atoms with Crippen molar-refractivity contribution in [2.24, 2.45) is 0 Å². The molecular formula is C28H26N+. The van der Waals surface area contributed by atoms with Gasteiger partial charge in [-0.2, -0.15) is 4.58 Å². The molecule has 0 amide bonds. The first-order chi connectivity index (χ1) is 14.1. The van der Waals surface area contributed by atoms with Crippen LogP contribution < -0.4 is 0 Å². The van der Waals surface area contributed by atoms with Gasteiger partial charge >= 0.3 is 0 Å². The molecule has 1 aliphatic rings. The molecule has 4 aromatic carbocycles. The van der Waals surface area contributed by atoms with Crippen LogP contribution in [0.5, 0.6) is 0 Å². The fraction of sp³-hybridized carbons (Fsp3) is 0.179. The maximum atomic E-state index is 2.46. The SMILES string of the molecule is CC[N+]1=C(/C=C/c2c3ccccc3cc3ccccc23)C(C)(C)c2ccccc21. The van der Waals surface area contributed by atoms with Crippen LogP contribution in [0.4, 0.5) is 5.69 Å². The minimum Gasteiger partial charge on any atom is -0.195 e. The zero-order chi connectivity index (χ0) is 20.0. The first-order valence-corrected chi connectivity index (χ1v) is 10.4. The second kappa shape index (κ2) is 6.70. The van der Waals surface area contributed by atoms with Crippen molar-refractivity contribution < 1.29 is 4.58 Å². The summed E-state index contributed by atoms with van der Waals surface area (Å²) in [6.45, 7) is 7.88. The van der Waals surface area contributed by atoms with Crippen molar-refractivity contribution in [3.8, 4) is 0 Å². The van der Waals surface area contributed by atoms with E-state index in [1.54, 1.807) is 0 Å². The molecular weight excluding hydrogens is 350 g/mol. The van der Waals surface area contributed by atoms with Crippen LogP contribution in [0.3, 0.4) is 0 Å². The molecule has 4 aromatic rings. The summed E-state index contributed by atoms with van der Waals surface area (Å²) in [6.07, 6.45) is 4.67. The molecule has 1 nitrogen and oxygen atoms in total. The average molecular weight is 377 g/mol. The maximum Gasteiger partial charge on any atom is 0.209 e. The maximum absolute atomic E-state index is 2.46. The number of para-hydroxylation sites is 1. The van der Waals surface area contributed by atoms with Crippen LogP contribution in [-0.2, 0) is 5.41 Å². The molecule has 0 aliphatic carbocycles. The molecule has 0 saturated carbocycles. The second-order valence-corrected chi connectivity index (χ2v) is 8.34. The van der Waals surface area contributed by atoms with E-state index in [1.165, 1.54) is 44.1 Å². The lowest BCUT2D eigenvalue weighted by Gasteiger charge is -2.15. The molecule has 142 valence electrons. The van der Waals surface area contributed by atoms with Crippen molar-refractivity contribution in [1.82, 2.24) is 0 Å². The van der Waals surface area contributed by atoms with Crippen LogP contribution in [-0.4, -0.2) is 16.8 Å². The molecule has 0 bridgehead atoms. The average Bonchev–Trinajstić information content (AvgIpc) is 2.97. The number of benzene rings is 4. The first kappa shape index (κ1) is 17.9. The van der Waals surface area contributed by atoms with Crippen LogP contribution in [0, 0.1) is 0 Å². The highest BCUT2D eigenvalue weighted by Crippen LogP contribution is 2.40. The summed E-state index contributed by atoms with van der Waals surface area (Å²) in [7, 11) is 0. The molecule has 0 unspecified atom stereocenters. The normalized spacial score (nSPS) is 15.6. The smallest absolute Gasteiger partial charge is 0.195 e. The fourth-order valence-electron chi connectivity index (χ4n) is 4.87. The summed E-state index contributed by atoms with van der Waals surface area (Å²) in [4.78, 5) is 0. The van der Waals surface area contributed by atoms with Crippen molar-refractivity contribution in [1.29, 1.82) is 0 Å². The highest BCUT2D eigenvalue weighted by atomic mass is 15.0. The Hall–Kier alpha value is -3.19. The summed E-state index contributed by atoms with van der Waals surface area (Å²) in [5.41, 5.74) is 5.39. The van der Waals surface area contributed by atoms with Gasteiger partial charge in [0.2, 0.25) is 5.69 Å². The van der Waals surface area contributed by atoms with E-state index in [1.807, 2.05) is 0 Å². The quantitative estimate of drug-likeness (QED) is 0.265. The predicted molar refractivity (Wildman–Crippen MR) is 125 cm³/mol. The van der Waals surface area contributed by atoms with Crippen LogP contribution >= 0.6 is 0 Å². The molecule has 0 spiro atoms. The van der Waals surface area contributed by atoms with E-state index in [9.17, 15) is 0 Å². The van der Waals surface area contributed by atoms with Crippen molar-refractivity contribution in [3.05, 3.63) is 96.1 Å². The van der Waals surface area contributed by atoms with Crippen LogP contribution in [0.25, 0.3) is 27.6 Å². The molecule has 0 saturated heterocycles. The lowest BCUT2D eigenvalue weighted by Crippen LogP contribution is -2.27. The van der Waals surface area contributed by atoms with E-state index in [0.717, 1.165) is 6.54 Å². The van der Waals surface area contributed by atoms with E-state index in [4.69, 9.17) is 0 Å². The van der Waals surface area contributed by atoms with Gasteiger partial charge in [-0.15, -0.1) is 0 Å². The topological polar surface area (TPSA) is 3.01 Å². The van der Waals surface area contributed by atoms with Gasteiger partial charge in [0, 0.05) is 17.7 Å². The monoisotopic (exact) mass is 376 g/mol. The number of allylic oxidation sites excluding steroid dienone is 1. The van der Waals surface area contributed by atoms with Gasteiger partial charge in [-0.05, 0) is 60.0 Å². The molecule has 0 fully saturated rings. The second-order valence-electron chi connectivity index (χ2n) is 8.34. The standard InChI is InChI=1S/C28H26N/c1-4-29-26-16-10-9-15-25(26)28(2,3)27(29)18-17-24-22-13-7-5-11-20(22)19-21-12-6-8-14-23(21)24/h5-19H,4H2,1-3H3/q+1/b18-17+. The Labute approximate surface area is 172 Å². The minimum atomic E-state index is -0.0104. The summed E-state index contributed by atoms with van der Waals surface area (Å²) in [5.74, 6) is 0. The fourth-order valence-corrected chi connectivity index (χ4v) is 4.87. The van der Waals surface area contributed by atoms with E-state index >= 15 is 0 Å². The predicted octanol–water partition coefficient (Wildman–Crippen LogP) is 7.10. The molecule has 0 radical (unpaired) electrons.